The van der Waals surface area contributed by atoms with E-state index < -0.39 is 0 Å². The molecular formula is C14H12Br2N2O. The standard InChI is InChI=1S/C14H12Br2N2O/c15-11-7-10(8-12(16)9-11)14(19)18-6-4-13-3-1-2-5-17-13/h1-3,5,7-9H,4,6H2,(H,18,19). The highest BCUT2D eigenvalue weighted by molar-refractivity contribution is 9.11. The molecule has 19 heavy (non-hydrogen) atoms. The summed E-state index contributed by atoms with van der Waals surface area (Å²) in [7, 11) is 0. The zero-order chi connectivity index (χ0) is 13.7. The Morgan fingerprint density at radius 3 is 2.53 bits per heavy atom. The van der Waals surface area contributed by atoms with Gasteiger partial charge in [0.25, 0.3) is 5.91 Å². The Morgan fingerprint density at radius 1 is 1.16 bits per heavy atom. The molecule has 0 unspecified atom stereocenters. The van der Waals surface area contributed by atoms with Gasteiger partial charge in [-0.15, -0.1) is 0 Å². The van der Waals surface area contributed by atoms with E-state index in [2.05, 4.69) is 42.2 Å². The molecule has 0 aliphatic heterocycles. The third kappa shape index (κ3) is 4.44. The monoisotopic (exact) mass is 382 g/mol. The second-order valence-corrected chi connectivity index (χ2v) is 5.82. The van der Waals surface area contributed by atoms with E-state index in [1.54, 1.807) is 18.3 Å². The van der Waals surface area contributed by atoms with Crippen LogP contribution in [-0.2, 0) is 6.42 Å². The third-order valence-electron chi connectivity index (χ3n) is 2.52. The van der Waals surface area contributed by atoms with Crippen molar-refractivity contribution >= 4 is 37.8 Å². The van der Waals surface area contributed by atoms with Crippen LogP contribution in [0.5, 0.6) is 0 Å². The minimum absolute atomic E-state index is 0.0852. The number of halogens is 2. The Kier molecular flexibility index (Phi) is 5.10. The fourth-order valence-corrected chi connectivity index (χ4v) is 2.93. The molecule has 0 saturated carbocycles. The predicted molar refractivity (Wildman–Crippen MR) is 82.1 cm³/mol. The minimum atomic E-state index is -0.0852. The number of pyridine rings is 1. The number of hydrogen-bond donors (Lipinski definition) is 1. The summed E-state index contributed by atoms with van der Waals surface area (Å²) in [6.45, 7) is 0.569. The van der Waals surface area contributed by atoms with Gasteiger partial charge in [-0.25, -0.2) is 0 Å². The molecule has 0 saturated heterocycles. The number of benzene rings is 1. The number of carbonyl (C=O) groups excluding carboxylic acids is 1. The van der Waals surface area contributed by atoms with E-state index >= 15 is 0 Å². The molecule has 2 aromatic rings. The quantitative estimate of drug-likeness (QED) is 0.876. The maximum atomic E-state index is 12.0. The Morgan fingerprint density at radius 2 is 1.89 bits per heavy atom. The molecule has 1 amide bonds. The van der Waals surface area contributed by atoms with Crippen molar-refractivity contribution in [1.82, 2.24) is 10.3 Å². The first-order valence-corrected chi connectivity index (χ1v) is 7.38. The zero-order valence-corrected chi connectivity index (χ0v) is 13.2. The Hall–Kier alpha value is -1.20. The topological polar surface area (TPSA) is 42.0 Å². The van der Waals surface area contributed by atoms with Crippen molar-refractivity contribution in [1.29, 1.82) is 0 Å². The molecule has 1 aromatic heterocycles. The molecule has 1 heterocycles. The highest BCUT2D eigenvalue weighted by Gasteiger charge is 2.07. The van der Waals surface area contributed by atoms with Gasteiger partial charge in [0.15, 0.2) is 0 Å². The maximum Gasteiger partial charge on any atom is 0.251 e. The SMILES string of the molecule is O=C(NCCc1ccccn1)c1cc(Br)cc(Br)c1. The summed E-state index contributed by atoms with van der Waals surface area (Å²) < 4.78 is 1.74. The molecule has 0 aliphatic carbocycles. The lowest BCUT2D eigenvalue weighted by molar-refractivity contribution is 0.0954. The van der Waals surface area contributed by atoms with Crippen LogP contribution in [0.15, 0.2) is 51.5 Å². The van der Waals surface area contributed by atoms with Gasteiger partial charge in [-0.2, -0.15) is 0 Å². The predicted octanol–water partition coefficient (Wildman–Crippen LogP) is 3.58. The molecule has 1 N–H and O–H groups in total. The number of amides is 1. The summed E-state index contributed by atoms with van der Waals surface area (Å²) in [5, 5.41) is 2.88. The van der Waals surface area contributed by atoms with Gasteiger partial charge < -0.3 is 5.32 Å². The molecule has 98 valence electrons. The Balaban J connectivity index is 1.91. The van der Waals surface area contributed by atoms with Gasteiger partial charge >= 0.3 is 0 Å². The van der Waals surface area contributed by atoms with E-state index in [0.717, 1.165) is 21.1 Å². The van der Waals surface area contributed by atoms with Crippen LogP contribution in [0.2, 0.25) is 0 Å². The van der Waals surface area contributed by atoms with Gasteiger partial charge in [-0.3, -0.25) is 9.78 Å². The number of aromatic nitrogens is 1. The fourth-order valence-electron chi connectivity index (χ4n) is 1.64. The maximum absolute atomic E-state index is 12.0. The van der Waals surface area contributed by atoms with Gasteiger partial charge in [-0.1, -0.05) is 37.9 Å². The van der Waals surface area contributed by atoms with Gasteiger partial charge in [0.1, 0.15) is 0 Å². The molecule has 1 aromatic carbocycles. The second kappa shape index (κ2) is 6.82. The molecule has 2 rings (SSSR count). The van der Waals surface area contributed by atoms with Crippen molar-refractivity contribution < 1.29 is 4.79 Å². The van der Waals surface area contributed by atoms with E-state index in [1.165, 1.54) is 0 Å². The first kappa shape index (κ1) is 14.2. The van der Waals surface area contributed by atoms with E-state index in [0.29, 0.717) is 12.1 Å². The van der Waals surface area contributed by atoms with Crippen molar-refractivity contribution in [2.75, 3.05) is 6.54 Å². The Labute approximate surface area is 128 Å². The van der Waals surface area contributed by atoms with E-state index in [1.807, 2.05) is 24.3 Å². The van der Waals surface area contributed by atoms with Crippen LogP contribution in [0.25, 0.3) is 0 Å². The van der Waals surface area contributed by atoms with Gasteiger partial charge in [0.05, 0.1) is 0 Å². The summed E-state index contributed by atoms with van der Waals surface area (Å²) in [6, 6.07) is 11.2. The molecule has 0 bridgehead atoms. The summed E-state index contributed by atoms with van der Waals surface area (Å²) >= 11 is 6.73. The lowest BCUT2D eigenvalue weighted by Crippen LogP contribution is -2.25. The lowest BCUT2D eigenvalue weighted by Gasteiger charge is -2.06. The second-order valence-electron chi connectivity index (χ2n) is 3.99. The summed E-state index contributed by atoms with van der Waals surface area (Å²) in [5.74, 6) is -0.0852. The first-order valence-electron chi connectivity index (χ1n) is 5.79. The molecule has 5 heteroatoms. The summed E-state index contributed by atoms with van der Waals surface area (Å²) in [5.41, 5.74) is 1.60. The number of hydrogen-bond acceptors (Lipinski definition) is 2. The van der Waals surface area contributed by atoms with Crippen LogP contribution in [-0.4, -0.2) is 17.4 Å². The van der Waals surface area contributed by atoms with Crippen LogP contribution in [0.3, 0.4) is 0 Å². The number of nitrogens with one attached hydrogen (secondary N) is 1. The van der Waals surface area contributed by atoms with Crippen LogP contribution >= 0.6 is 31.9 Å². The molecule has 3 nitrogen and oxygen atoms in total. The average molecular weight is 384 g/mol. The smallest absolute Gasteiger partial charge is 0.251 e. The molecule has 0 fully saturated rings. The van der Waals surface area contributed by atoms with Crippen molar-refractivity contribution in [2.24, 2.45) is 0 Å². The van der Waals surface area contributed by atoms with Crippen LogP contribution in [0, 0.1) is 0 Å². The zero-order valence-electron chi connectivity index (χ0n) is 10.1. The number of carbonyl (C=O) groups is 1. The van der Waals surface area contributed by atoms with E-state index in [9.17, 15) is 4.79 Å². The number of rotatable bonds is 4. The fraction of sp³-hybridized carbons (Fsp3) is 0.143. The normalized spacial score (nSPS) is 10.2. The minimum Gasteiger partial charge on any atom is -0.352 e. The highest BCUT2D eigenvalue weighted by Crippen LogP contribution is 2.19. The van der Waals surface area contributed by atoms with E-state index in [4.69, 9.17) is 0 Å². The van der Waals surface area contributed by atoms with Crippen LogP contribution < -0.4 is 5.32 Å². The molecule has 0 radical (unpaired) electrons. The van der Waals surface area contributed by atoms with Crippen LogP contribution in [0.1, 0.15) is 16.1 Å². The average Bonchev–Trinajstić information content (AvgIpc) is 2.38. The highest BCUT2D eigenvalue weighted by atomic mass is 79.9. The van der Waals surface area contributed by atoms with Crippen molar-refractivity contribution in [3.05, 3.63) is 62.8 Å². The van der Waals surface area contributed by atoms with Gasteiger partial charge in [-0.05, 0) is 30.3 Å². The Bertz CT molecular complexity index is 553. The molecule has 0 atom stereocenters. The van der Waals surface area contributed by atoms with Crippen molar-refractivity contribution in [3.63, 3.8) is 0 Å². The van der Waals surface area contributed by atoms with Crippen LogP contribution in [0.4, 0.5) is 0 Å². The molecular weight excluding hydrogens is 372 g/mol. The van der Waals surface area contributed by atoms with E-state index in [-0.39, 0.29) is 5.91 Å². The third-order valence-corrected chi connectivity index (χ3v) is 3.43. The van der Waals surface area contributed by atoms with Gasteiger partial charge in [0, 0.05) is 39.4 Å². The summed E-state index contributed by atoms with van der Waals surface area (Å²) in [6.07, 6.45) is 2.48. The molecule has 0 aliphatic rings. The lowest BCUT2D eigenvalue weighted by atomic mass is 10.2. The van der Waals surface area contributed by atoms with Crippen molar-refractivity contribution in [2.45, 2.75) is 6.42 Å². The number of nitrogens with zero attached hydrogens (tertiary/aromatic N) is 1. The van der Waals surface area contributed by atoms with Crippen molar-refractivity contribution in [3.8, 4) is 0 Å². The largest absolute Gasteiger partial charge is 0.352 e. The summed E-state index contributed by atoms with van der Waals surface area (Å²) in [4.78, 5) is 16.2. The van der Waals surface area contributed by atoms with Gasteiger partial charge in [0.2, 0.25) is 0 Å². The molecule has 0 spiro atoms. The first-order chi connectivity index (χ1) is 9.15.